The van der Waals surface area contributed by atoms with Gasteiger partial charge in [0.2, 0.25) is 11.7 Å². The first kappa shape index (κ1) is 29.5. The minimum atomic E-state index is -5.08. The van der Waals surface area contributed by atoms with Gasteiger partial charge in [0.15, 0.2) is 5.96 Å². The van der Waals surface area contributed by atoms with Crippen molar-refractivity contribution in [3.63, 3.8) is 0 Å². The molecule has 1 aromatic heterocycles. The summed E-state index contributed by atoms with van der Waals surface area (Å²) >= 11 is 0. The highest BCUT2D eigenvalue weighted by Crippen LogP contribution is 2.39. The van der Waals surface area contributed by atoms with Gasteiger partial charge >= 0.3 is 18.3 Å². The summed E-state index contributed by atoms with van der Waals surface area (Å²) in [5, 5.41) is 18.6. The van der Waals surface area contributed by atoms with E-state index < -0.39 is 23.9 Å². The molecule has 0 unspecified atom stereocenters. The van der Waals surface area contributed by atoms with E-state index in [-0.39, 0.29) is 41.6 Å². The molecular weight excluding hydrogens is 512 g/mol. The summed E-state index contributed by atoms with van der Waals surface area (Å²) < 4.78 is 83.0. The Morgan fingerprint density at radius 3 is 2.54 bits per heavy atom. The maximum Gasteiger partial charge on any atom is 0.490 e. The molecule has 0 saturated carbocycles. The van der Waals surface area contributed by atoms with Gasteiger partial charge in [-0.3, -0.25) is 5.41 Å². The normalized spacial score (nSPS) is 16.0. The molecule has 3 rings (SSSR count). The number of aromatic nitrogens is 2. The van der Waals surface area contributed by atoms with Crippen LogP contribution in [0.1, 0.15) is 50.1 Å². The van der Waals surface area contributed by atoms with Crippen LogP contribution in [0.15, 0.2) is 34.9 Å². The SMILES string of the molecule is CCC/C=C/COc1ccc(-c2noc([C@@H]3CCCN3C(=N)N)n2)cc1C(F)(F)F.O=C(O)C(F)(F)F. The average molecular weight is 537 g/mol. The number of allylic oxidation sites excluding steroid dienone is 1. The number of likely N-dealkylation sites (tertiary alicyclic amines) is 1. The van der Waals surface area contributed by atoms with Gasteiger partial charge in [-0.25, -0.2) is 4.79 Å². The van der Waals surface area contributed by atoms with E-state index in [9.17, 15) is 26.3 Å². The lowest BCUT2D eigenvalue weighted by Crippen LogP contribution is -2.35. The van der Waals surface area contributed by atoms with Gasteiger partial charge in [-0.05, 0) is 37.5 Å². The number of hydrogen-bond donors (Lipinski definition) is 3. The van der Waals surface area contributed by atoms with E-state index in [2.05, 4.69) is 10.1 Å². The van der Waals surface area contributed by atoms with Gasteiger partial charge in [0.25, 0.3) is 0 Å². The van der Waals surface area contributed by atoms with E-state index in [0.29, 0.717) is 13.0 Å². The summed E-state index contributed by atoms with van der Waals surface area (Å²) in [4.78, 5) is 14.8. The molecule has 0 amide bonds. The lowest BCUT2D eigenvalue weighted by molar-refractivity contribution is -0.192. The van der Waals surface area contributed by atoms with Crippen LogP contribution < -0.4 is 10.5 Å². The number of nitrogens with one attached hydrogen (secondary N) is 1. The number of carbonyl (C=O) groups is 1. The number of rotatable bonds is 7. The first-order chi connectivity index (χ1) is 17.3. The summed E-state index contributed by atoms with van der Waals surface area (Å²) in [6.45, 7) is 2.66. The zero-order chi connectivity index (χ0) is 27.8. The predicted octanol–water partition coefficient (Wildman–Crippen LogP) is 5.15. The van der Waals surface area contributed by atoms with Crippen molar-refractivity contribution in [1.29, 1.82) is 5.41 Å². The number of aliphatic carboxylic acids is 1. The third-order valence-corrected chi connectivity index (χ3v) is 5.03. The van der Waals surface area contributed by atoms with Crippen LogP contribution in [0.2, 0.25) is 0 Å². The maximum absolute atomic E-state index is 13.6. The first-order valence-corrected chi connectivity index (χ1v) is 11.0. The highest BCUT2D eigenvalue weighted by atomic mass is 19.4. The number of carboxylic acid groups (broad SMARTS) is 1. The molecule has 0 spiro atoms. The van der Waals surface area contributed by atoms with Gasteiger partial charge in [0, 0.05) is 12.1 Å². The van der Waals surface area contributed by atoms with Gasteiger partial charge in [-0.1, -0.05) is 30.7 Å². The molecule has 0 radical (unpaired) electrons. The first-order valence-electron chi connectivity index (χ1n) is 11.0. The Morgan fingerprint density at radius 1 is 1.30 bits per heavy atom. The lowest BCUT2D eigenvalue weighted by atomic mass is 10.1. The maximum atomic E-state index is 13.6. The Balaban J connectivity index is 0.000000604. The summed E-state index contributed by atoms with van der Waals surface area (Å²) in [6.07, 6.45) is -2.83. The predicted molar refractivity (Wildman–Crippen MR) is 119 cm³/mol. The molecule has 9 nitrogen and oxygen atoms in total. The molecule has 1 aromatic carbocycles. The van der Waals surface area contributed by atoms with Gasteiger partial charge in [0.1, 0.15) is 18.4 Å². The van der Waals surface area contributed by atoms with E-state index in [1.165, 1.54) is 12.1 Å². The fraction of sp³-hybridized carbons (Fsp3) is 0.455. The Morgan fingerprint density at radius 2 is 1.97 bits per heavy atom. The van der Waals surface area contributed by atoms with E-state index in [4.69, 9.17) is 30.3 Å². The monoisotopic (exact) mass is 537 g/mol. The van der Waals surface area contributed by atoms with Gasteiger partial charge < -0.3 is 25.0 Å². The van der Waals surface area contributed by atoms with Crippen molar-refractivity contribution >= 4 is 11.9 Å². The van der Waals surface area contributed by atoms with Crippen molar-refractivity contribution in [1.82, 2.24) is 15.0 Å². The molecule has 1 aliphatic heterocycles. The Kier molecular flexibility index (Phi) is 9.91. The highest BCUT2D eigenvalue weighted by Gasteiger charge is 2.38. The minimum absolute atomic E-state index is 0.0419. The molecule has 37 heavy (non-hydrogen) atoms. The molecule has 2 aromatic rings. The molecule has 1 aliphatic rings. The second-order valence-corrected chi connectivity index (χ2v) is 7.78. The number of nitrogens with two attached hydrogens (primary N) is 1. The average Bonchev–Trinajstić information content (AvgIpc) is 3.48. The number of ether oxygens (including phenoxy) is 1. The van der Waals surface area contributed by atoms with Crippen LogP contribution in [0, 0.1) is 5.41 Å². The number of hydrogen-bond acceptors (Lipinski definition) is 6. The van der Waals surface area contributed by atoms with Crippen LogP contribution in [0.25, 0.3) is 11.4 Å². The van der Waals surface area contributed by atoms with E-state index in [1.807, 2.05) is 13.0 Å². The summed E-state index contributed by atoms with van der Waals surface area (Å²) in [5.41, 5.74) is 4.83. The third kappa shape index (κ3) is 8.39. The number of benzene rings is 1. The summed E-state index contributed by atoms with van der Waals surface area (Å²) in [5.74, 6) is -2.85. The van der Waals surface area contributed by atoms with Crippen molar-refractivity contribution in [2.45, 2.75) is 51.0 Å². The van der Waals surface area contributed by atoms with Crippen LogP contribution in [0.3, 0.4) is 0 Å². The Hall–Kier alpha value is -3.78. The molecule has 15 heteroatoms. The van der Waals surface area contributed by atoms with E-state index in [1.54, 1.807) is 11.0 Å². The molecular formula is C22H25F6N5O4. The zero-order valence-corrected chi connectivity index (χ0v) is 19.6. The van der Waals surface area contributed by atoms with Crippen molar-refractivity contribution in [2.24, 2.45) is 5.73 Å². The summed E-state index contributed by atoms with van der Waals surface area (Å²) in [7, 11) is 0. The molecule has 1 fully saturated rings. The zero-order valence-electron chi connectivity index (χ0n) is 19.6. The smallest absolute Gasteiger partial charge is 0.489 e. The van der Waals surface area contributed by atoms with Crippen LogP contribution in [-0.4, -0.2) is 51.4 Å². The number of alkyl halides is 6. The number of halogens is 6. The molecule has 0 bridgehead atoms. The molecule has 4 N–H and O–H groups in total. The quantitative estimate of drug-likeness (QED) is 0.191. The highest BCUT2D eigenvalue weighted by molar-refractivity contribution is 5.75. The van der Waals surface area contributed by atoms with Crippen molar-refractivity contribution < 1.29 is 45.5 Å². The number of guanidine groups is 1. The van der Waals surface area contributed by atoms with Crippen molar-refractivity contribution in [3.05, 3.63) is 41.8 Å². The fourth-order valence-electron chi connectivity index (χ4n) is 3.31. The number of unbranched alkanes of at least 4 members (excludes halogenated alkanes) is 1. The van der Waals surface area contributed by atoms with E-state index >= 15 is 0 Å². The van der Waals surface area contributed by atoms with Crippen LogP contribution in [0.5, 0.6) is 5.75 Å². The third-order valence-electron chi connectivity index (χ3n) is 5.03. The second-order valence-electron chi connectivity index (χ2n) is 7.78. The molecule has 0 aliphatic carbocycles. The van der Waals surface area contributed by atoms with Gasteiger partial charge in [-0.2, -0.15) is 31.3 Å². The summed E-state index contributed by atoms with van der Waals surface area (Å²) in [6, 6.07) is 3.34. The fourth-order valence-corrected chi connectivity index (χ4v) is 3.31. The number of carboxylic acids is 1. The Labute approximate surface area is 207 Å². The van der Waals surface area contributed by atoms with Crippen LogP contribution in [-0.2, 0) is 11.0 Å². The topological polar surface area (TPSA) is 139 Å². The van der Waals surface area contributed by atoms with Crippen LogP contribution >= 0.6 is 0 Å². The number of nitrogens with zero attached hydrogens (tertiary/aromatic N) is 3. The van der Waals surface area contributed by atoms with Gasteiger partial charge in [0.05, 0.1) is 5.56 Å². The van der Waals surface area contributed by atoms with Crippen molar-refractivity contribution in [3.8, 4) is 17.1 Å². The van der Waals surface area contributed by atoms with Gasteiger partial charge in [-0.15, -0.1) is 0 Å². The standard InChI is InChI=1S/C20H24F3N5O2.C2HF3O2/c1-2-3-4-5-11-29-16-9-8-13(12-14(16)20(21,22)23)17-26-18(30-27-17)15-7-6-10-28(15)19(24)25;3-2(4,5)1(6)7/h4-5,8-9,12,15H,2-3,6-7,10-11H2,1H3,(H3,24,25);(H,6,7)/b5-4+;/t15-;/m0./s1. The lowest BCUT2D eigenvalue weighted by Gasteiger charge is -2.21. The van der Waals surface area contributed by atoms with E-state index in [0.717, 1.165) is 25.3 Å². The molecule has 1 atom stereocenters. The van der Waals surface area contributed by atoms with Crippen LogP contribution in [0.4, 0.5) is 26.3 Å². The molecule has 204 valence electrons. The second kappa shape index (κ2) is 12.5. The largest absolute Gasteiger partial charge is 0.490 e. The molecule has 2 heterocycles. The van der Waals surface area contributed by atoms with Crippen molar-refractivity contribution in [2.75, 3.05) is 13.2 Å². The minimum Gasteiger partial charge on any atom is -0.489 e. The molecule has 1 saturated heterocycles. The Bertz CT molecular complexity index is 1100.